The van der Waals surface area contributed by atoms with Crippen LogP contribution in [0.25, 0.3) is 22.2 Å². The van der Waals surface area contributed by atoms with Crippen LogP contribution in [0, 0.1) is 0 Å². The van der Waals surface area contributed by atoms with Crippen molar-refractivity contribution in [3.05, 3.63) is 81.0 Å². The van der Waals surface area contributed by atoms with Gasteiger partial charge in [-0.1, -0.05) is 29.3 Å². The number of nitrogens with zero attached hydrogens (tertiary/aromatic N) is 6. The number of primary amides is 1. The second-order valence-corrected chi connectivity index (χ2v) is 9.45. The van der Waals surface area contributed by atoms with Crippen LogP contribution >= 0.6 is 23.2 Å². The molecule has 0 atom stereocenters. The molecule has 14 heteroatoms. The summed E-state index contributed by atoms with van der Waals surface area (Å²) in [6, 6.07) is 9.44. The van der Waals surface area contributed by atoms with Crippen molar-refractivity contribution in [3.8, 4) is 22.9 Å². The number of nitrogens with two attached hydrogens (primary N) is 1. The molecule has 5 aromatic rings. The molecule has 0 aliphatic carbocycles. The average molecular weight is 580 g/mol. The molecule has 204 valence electrons. The van der Waals surface area contributed by atoms with Gasteiger partial charge in [-0.2, -0.15) is 4.98 Å². The SMILES string of the molecule is CCn1ccc(Oc2ncc(Nc3ncc4cc(-c5c(Cl)cccc5Cl)c(=O)n(C)c4n3)cc2CNC(N)=O)n1. The number of urea groups is 1. The Labute approximate surface area is 237 Å². The number of amides is 2. The van der Waals surface area contributed by atoms with E-state index in [0.29, 0.717) is 55.9 Å². The molecule has 2 amide bonds. The summed E-state index contributed by atoms with van der Waals surface area (Å²) in [5.74, 6) is 0.817. The molecule has 0 saturated carbocycles. The van der Waals surface area contributed by atoms with Gasteiger partial charge in [0.15, 0.2) is 0 Å². The molecule has 4 aromatic heterocycles. The molecule has 0 spiro atoms. The predicted molar refractivity (Wildman–Crippen MR) is 152 cm³/mol. The lowest BCUT2D eigenvalue weighted by Crippen LogP contribution is -2.28. The van der Waals surface area contributed by atoms with Gasteiger partial charge >= 0.3 is 6.03 Å². The number of aryl methyl sites for hydroxylation is 2. The Balaban J connectivity index is 1.47. The molecule has 0 aliphatic heterocycles. The van der Waals surface area contributed by atoms with Gasteiger partial charge in [0.25, 0.3) is 5.56 Å². The molecule has 0 fully saturated rings. The lowest BCUT2D eigenvalue weighted by molar-refractivity contribution is 0.248. The van der Waals surface area contributed by atoms with Crippen molar-refractivity contribution in [2.45, 2.75) is 20.0 Å². The fourth-order valence-corrected chi connectivity index (χ4v) is 4.61. The van der Waals surface area contributed by atoms with Gasteiger partial charge in [-0.15, -0.1) is 5.10 Å². The molecule has 4 heterocycles. The van der Waals surface area contributed by atoms with Crippen molar-refractivity contribution in [1.82, 2.24) is 34.6 Å². The highest BCUT2D eigenvalue weighted by Crippen LogP contribution is 2.34. The Morgan fingerprint density at radius 2 is 1.90 bits per heavy atom. The van der Waals surface area contributed by atoms with E-state index in [1.807, 2.05) is 6.92 Å². The molecule has 0 radical (unpaired) electrons. The normalized spacial score (nSPS) is 11.0. The monoisotopic (exact) mass is 579 g/mol. The second-order valence-electron chi connectivity index (χ2n) is 8.63. The van der Waals surface area contributed by atoms with Crippen LogP contribution in [0.2, 0.25) is 10.0 Å². The van der Waals surface area contributed by atoms with Gasteiger partial charge in [-0.05, 0) is 31.2 Å². The highest BCUT2D eigenvalue weighted by Gasteiger charge is 2.17. The van der Waals surface area contributed by atoms with E-state index in [0.717, 1.165) is 0 Å². The summed E-state index contributed by atoms with van der Waals surface area (Å²) in [7, 11) is 1.61. The average Bonchev–Trinajstić information content (AvgIpc) is 3.39. The second kappa shape index (κ2) is 11.2. The number of aromatic nitrogens is 6. The third-order valence-electron chi connectivity index (χ3n) is 5.96. The topological polar surface area (TPSA) is 155 Å². The number of hydrogen-bond acceptors (Lipinski definition) is 8. The van der Waals surface area contributed by atoms with E-state index < -0.39 is 6.03 Å². The van der Waals surface area contributed by atoms with Gasteiger partial charge in [-0.3, -0.25) is 14.0 Å². The maximum Gasteiger partial charge on any atom is 0.312 e. The van der Waals surface area contributed by atoms with Gasteiger partial charge in [0, 0.05) is 55.1 Å². The minimum absolute atomic E-state index is 0.0577. The first-order valence-electron chi connectivity index (χ1n) is 12.0. The van der Waals surface area contributed by atoms with Crippen molar-refractivity contribution in [2.24, 2.45) is 12.8 Å². The third-order valence-corrected chi connectivity index (χ3v) is 6.59. The molecule has 40 heavy (non-hydrogen) atoms. The first-order valence-corrected chi connectivity index (χ1v) is 12.8. The highest BCUT2D eigenvalue weighted by molar-refractivity contribution is 6.39. The molecule has 4 N–H and O–H groups in total. The smallest absolute Gasteiger partial charge is 0.312 e. The Morgan fingerprint density at radius 1 is 1.12 bits per heavy atom. The Bertz CT molecular complexity index is 1780. The molecular formula is C26H23Cl2N9O3. The summed E-state index contributed by atoms with van der Waals surface area (Å²) >= 11 is 12.7. The molecule has 0 aliphatic rings. The number of carbonyl (C=O) groups excluding carboxylic acids is 1. The number of anilines is 2. The van der Waals surface area contributed by atoms with Crippen molar-refractivity contribution in [2.75, 3.05) is 5.32 Å². The Kier molecular flexibility index (Phi) is 7.54. The zero-order valence-electron chi connectivity index (χ0n) is 21.4. The molecule has 0 saturated heterocycles. The number of pyridine rings is 2. The summed E-state index contributed by atoms with van der Waals surface area (Å²) in [5.41, 5.74) is 7.17. The number of halogens is 2. The number of nitrogens with one attached hydrogen (secondary N) is 2. The Morgan fingerprint density at radius 3 is 2.60 bits per heavy atom. The van der Waals surface area contributed by atoms with Crippen LogP contribution in [0.1, 0.15) is 12.5 Å². The number of hydrogen-bond donors (Lipinski definition) is 3. The van der Waals surface area contributed by atoms with Crippen LogP contribution < -0.4 is 26.7 Å². The summed E-state index contributed by atoms with van der Waals surface area (Å²) in [4.78, 5) is 37.9. The van der Waals surface area contributed by atoms with E-state index in [1.165, 1.54) is 10.8 Å². The standard InChI is InChI=1S/C26H23Cl2N9O3/c1-3-37-8-7-20(35-37)40-23-15(12-31-25(29)39)9-16(13-30-23)33-26-32-11-14-10-17(24(38)36(2)22(14)34-26)21-18(27)5-4-6-19(21)28/h4-11,13H,3,12H2,1-2H3,(H3,29,31,39)(H,32,33,34). The minimum Gasteiger partial charge on any atom is -0.419 e. The molecule has 0 unspecified atom stereocenters. The van der Waals surface area contributed by atoms with E-state index in [-0.39, 0.29) is 23.9 Å². The zero-order valence-corrected chi connectivity index (χ0v) is 22.9. The van der Waals surface area contributed by atoms with Gasteiger partial charge in [0.2, 0.25) is 17.7 Å². The van der Waals surface area contributed by atoms with Gasteiger partial charge in [0.05, 0.1) is 27.5 Å². The number of carbonyl (C=O) groups is 1. The lowest BCUT2D eigenvalue weighted by Gasteiger charge is -2.13. The molecule has 0 bridgehead atoms. The van der Waals surface area contributed by atoms with E-state index in [9.17, 15) is 9.59 Å². The number of fused-ring (bicyclic) bond motifs is 1. The van der Waals surface area contributed by atoms with Crippen LogP contribution in [-0.4, -0.2) is 35.3 Å². The minimum atomic E-state index is -0.698. The summed E-state index contributed by atoms with van der Waals surface area (Å²) in [6.45, 7) is 2.70. The fourth-order valence-electron chi connectivity index (χ4n) is 4.01. The first-order chi connectivity index (χ1) is 19.2. The van der Waals surface area contributed by atoms with Crippen LogP contribution in [0.3, 0.4) is 0 Å². The van der Waals surface area contributed by atoms with Crippen molar-refractivity contribution in [1.29, 1.82) is 0 Å². The van der Waals surface area contributed by atoms with Gasteiger partial charge in [-0.25, -0.2) is 14.8 Å². The van der Waals surface area contributed by atoms with Crippen LogP contribution in [-0.2, 0) is 20.1 Å². The van der Waals surface area contributed by atoms with E-state index in [1.54, 1.807) is 60.5 Å². The van der Waals surface area contributed by atoms with Crippen molar-refractivity contribution < 1.29 is 9.53 Å². The quantitative estimate of drug-likeness (QED) is 0.240. The fraction of sp³-hybridized carbons (Fsp3) is 0.154. The largest absolute Gasteiger partial charge is 0.419 e. The summed E-state index contributed by atoms with van der Waals surface area (Å²) in [5, 5.41) is 11.2. The number of benzene rings is 1. The molecular weight excluding hydrogens is 557 g/mol. The van der Waals surface area contributed by atoms with Gasteiger partial charge < -0.3 is 21.1 Å². The van der Waals surface area contributed by atoms with Crippen LogP contribution in [0.5, 0.6) is 11.8 Å². The highest BCUT2D eigenvalue weighted by atomic mass is 35.5. The maximum absolute atomic E-state index is 13.2. The number of ether oxygens (including phenoxy) is 1. The molecule has 12 nitrogen and oxygen atoms in total. The lowest BCUT2D eigenvalue weighted by atomic mass is 10.1. The first kappa shape index (κ1) is 26.9. The van der Waals surface area contributed by atoms with Crippen LogP contribution in [0.15, 0.2) is 59.8 Å². The third kappa shape index (κ3) is 5.53. The van der Waals surface area contributed by atoms with Crippen molar-refractivity contribution in [3.63, 3.8) is 0 Å². The summed E-state index contributed by atoms with van der Waals surface area (Å²) in [6.07, 6.45) is 4.89. The zero-order chi connectivity index (χ0) is 28.4. The van der Waals surface area contributed by atoms with E-state index in [4.69, 9.17) is 33.7 Å². The summed E-state index contributed by atoms with van der Waals surface area (Å²) < 4.78 is 8.95. The van der Waals surface area contributed by atoms with Crippen LogP contribution in [0.4, 0.5) is 16.4 Å². The van der Waals surface area contributed by atoms with E-state index >= 15 is 0 Å². The predicted octanol–water partition coefficient (Wildman–Crippen LogP) is 4.62. The maximum atomic E-state index is 13.2. The van der Waals surface area contributed by atoms with E-state index in [2.05, 4.69) is 30.7 Å². The molecule has 5 rings (SSSR count). The van der Waals surface area contributed by atoms with Crippen molar-refractivity contribution >= 4 is 51.9 Å². The van der Waals surface area contributed by atoms with Gasteiger partial charge in [0.1, 0.15) is 5.65 Å². The number of rotatable bonds is 8. The Hall–Kier alpha value is -4.68. The molecule has 1 aromatic carbocycles.